The molecule has 0 fully saturated rings. The van der Waals surface area contributed by atoms with Crippen molar-refractivity contribution >= 4 is 43.5 Å². The van der Waals surface area contributed by atoms with Crippen LogP contribution in [0.3, 0.4) is 0 Å². The molecule has 0 aliphatic heterocycles. The Morgan fingerprint density at radius 2 is 1.50 bits per heavy atom. The second-order valence-corrected chi connectivity index (χ2v) is 14.9. The Morgan fingerprint density at radius 3 is 2.09 bits per heavy atom. The van der Waals surface area contributed by atoms with E-state index in [1.807, 2.05) is 82.3 Å². The molecule has 0 heterocycles. The molecule has 0 spiro atoms. The maximum atomic E-state index is 14.6. The number of nitrogens with zero attached hydrogens (tertiary/aromatic N) is 2. The summed E-state index contributed by atoms with van der Waals surface area (Å²) in [5, 5.41) is 3.04. The van der Waals surface area contributed by atoms with Crippen molar-refractivity contribution in [3.8, 4) is 5.75 Å². The second-order valence-electron chi connectivity index (χ2n) is 12.1. The van der Waals surface area contributed by atoms with E-state index in [1.165, 1.54) is 24.1 Å². The largest absolute Gasteiger partial charge is 0.497 e. The smallest absolute Gasteiger partial charge is 0.264 e. The van der Waals surface area contributed by atoms with E-state index in [0.717, 1.165) is 25.5 Å². The minimum absolute atomic E-state index is 0.0477. The molecule has 1 atom stereocenters. The van der Waals surface area contributed by atoms with Crippen LogP contribution in [0.2, 0.25) is 0 Å². The highest BCUT2D eigenvalue weighted by Gasteiger charge is 2.35. The normalized spacial score (nSPS) is 12.2. The van der Waals surface area contributed by atoms with Crippen molar-refractivity contribution in [3.05, 3.63) is 124 Å². The zero-order valence-electron chi connectivity index (χ0n) is 26.7. The molecule has 2 amide bonds. The standard InChI is InChI=1S/C36H40BrN3O5S/c1-26-14-20-32(21-15-26)46(43,44)40(30-16-18-31(45-5)19-17-30)25-34(41)39(24-28-12-9-13-29(37)22-28)33(35(42)38-36(2,3)4)23-27-10-7-6-8-11-27/h6-22,33H,23-25H2,1-5H3,(H,38,42). The molecule has 0 aromatic heterocycles. The number of hydrogen-bond acceptors (Lipinski definition) is 5. The molecular weight excluding hydrogens is 666 g/mol. The molecule has 4 rings (SSSR count). The predicted molar refractivity (Wildman–Crippen MR) is 185 cm³/mol. The molecule has 10 heteroatoms. The number of aryl methyl sites for hydroxylation is 1. The topological polar surface area (TPSA) is 96.0 Å². The van der Waals surface area contributed by atoms with Crippen molar-refractivity contribution in [3.63, 3.8) is 0 Å². The number of carbonyl (C=O) groups is 2. The highest BCUT2D eigenvalue weighted by Crippen LogP contribution is 2.27. The van der Waals surface area contributed by atoms with Crippen LogP contribution in [-0.4, -0.2) is 50.4 Å². The van der Waals surface area contributed by atoms with Crippen LogP contribution in [0, 0.1) is 6.92 Å². The van der Waals surface area contributed by atoms with Crippen LogP contribution >= 0.6 is 15.9 Å². The van der Waals surface area contributed by atoms with Gasteiger partial charge in [-0.15, -0.1) is 0 Å². The van der Waals surface area contributed by atoms with Crippen molar-refractivity contribution in [2.75, 3.05) is 18.0 Å². The van der Waals surface area contributed by atoms with Gasteiger partial charge in [0.25, 0.3) is 10.0 Å². The van der Waals surface area contributed by atoms with Gasteiger partial charge in [0, 0.05) is 23.0 Å². The van der Waals surface area contributed by atoms with E-state index in [-0.39, 0.29) is 29.5 Å². The number of halogens is 1. The van der Waals surface area contributed by atoms with Gasteiger partial charge in [-0.25, -0.2) is 8.42 Å². The molecule has 4 aromatic rings. The zero-order valence-corrected chi connectivity index (χ0v) is 29.1. The van der Waals surface area contributed by atoms with Crippen molar-refractivity contribution in [2.24, 2.45) is 0 Å². The molecule has 1 N–H and O–H groups in total. The van der Waals surface area contributed by atoms with Crippen molar-refractivity contribution in [1.82, 2.24) is 10.2 Å². The van der Waals surface area contributed by atoms with Crippen LogP contribution in [-0.2, 0) is 32.6 Å². The third-order valence-corrected chi connectivity index (χ3v) is 9.54. The number of hydrogen-bond donors (Lipinski definition) is 1. The lowest BCUT2D eigenvalue weighted by atomic mass is 10.0. The number of carbonyl (C=O) groups excluding carboxylic acids is 2. The van der Waals surface area contributed by atoms with E-state index in [1.54, 1.807) is 36.4 Å². The quantitative estimate of drug-likeness (QED) is 0.181. The molecular formula is C36H40BrN3O5S. The van der Waals surface area contributed by atoms with Crippen LogP contribution in [0.5, 0.6) is 5.75 Å². The monoisotopic (exact) mass is 705 g/mol. The highest BCUT2D eigenvalue weighted by atomic mass is 79.9. The van der Waals surface area contributed by atoms with E-state index in [2.05, 4.69) is 21.2 Å². The Morgan fingerprint density at radius 1 is 0.870 bits per heavy atom. The number of anilines is 1. The summed E-state index contributed by atoms with van der Waals surface area (Å²) in [7, 11) is -2.67. The summed E-state index contributed by atoms with van der Waals surface area (Å²) in [6.07, 6.45) is 0.232. The molecule has 8 nitrogen and oxygen atoms in total. The summed E-state index contributed by atoms with van der Waals surface area (Å²) in [6.45, 7) is 7.05. The third kappa shape index (κ3) is 9.20. The molecule has 0 saturated carbocycles. The van der Waals surface area contributed by atoms with Crippen LogP contribution in [0.25, 0.3) is 0 Å². The van der Waals surface area contributed by atoms with Gasteiger partial charge in [0.05, 0.1) is 17.7 Å². The number of ether oxygens (including phenoxy) is 1. The van der Waals surface area contributed by atoms with Gasteiger partial charge >= 0.3 is 0 Å². The van der Waals surface area contributed by atoms with Gasteiger partial charge in [-0.2, -0.15) is 0 Å². The van der Waals surface area contributed by atoms with E-state index in [4.69, 9.17) is 4.74 Å². The number of nitrogens with one attached hydrogen (secondary N) is 1. The fourth-order valence-corrected chi connectivity index (χ4v) is 6.81. The first-order chi connectivity index (χ1) is 21.8. The lowest BCUT2D eigenvalue weighted by Crippen LogP contribution is -2.56. The summed E-state index contributed by atoms with van der Waals surface area (Å²) >= 11 is 3.51. The molecule has 4 aromatic carbocycles. The molecule has 0 bridgehead atoms. The first kappa shape index (κ1) is 34.7. The fourth-order valence-electron chi connectivity index (χ4n) is 4.95. The molecule has 46 heavy (non-hydrogen) atoms. The maximum absolute atomic E-state index is 14.6. The minimum atomic E-state index is -4.20. The van der Waals surface area contributed by atoms with E-state index < -0.39 is 34.1 Å². The van der Waals surface area contributed by atoms with Crippen molar-refractivity contribution in [1.29, 1.82) is 0 Å². The van der Waals surface area contributed by atoms with Gasteiger partial charge in [0.2, 0.25) is 11.8 Å². The number of benzene rings is 4. The highest BCUT2D eigenvalue weighted by molar-refractivity contribution is 9.10. The molecule has 0 saturated heterocycles. The van der Waals surface area contributed by atoms with Gasteiger partial charge in [0.1, 0.15) is 18.3 Å². The summed E-state index contributed by atoms with van der Waals surface area (Å²) in [5.41, 5.74) is 2.26. The van der Waals surface area contributed by atoms with E-state index in [9.17, 15) is 18.0 Å². The van der Waals surface area contributed by atoms with Crippen LogP contribution in [0.4, 0.5) is 5.69 Å². The lowest BCUT2D eigenvalue weighted by Gasteiger charge is -2.35. The van der Waals surface area contributed by atoms with Gasteiger partial charge in [-0.1, -0.05) is 76.1 Å². The number of amides is 2. The van der Waals surface area contributed by atoms with E-state index >= 15 is 0 Å². The first-order valence-electron chi connectivity index (χ1n) is 14.9. The average molecular weight is 707 g/mol. The van der Waals surface area contributed by atoms with Crippen LogP contribution in [0.1, 0.15) is 37.5 Å². The Balaban J connectivity index is 1.82. The van der Waals surface area contributed by atoms with Crippen LogP contribution in [0.15, 0.2) is 112 Å². The Labute approximate surface area is 280 Å². The molecule has 0 aliphatic carbocycles. The van der Waals surface area contributed by atoms with Gasteiger partial charge in [0.15, 0.2) is 0 Å². The van der Waals surface area contributed by atoms with Crippen LogP contribution < -0.4 is 14.4 Å². The predicted octanol–water partition coefficient (Wildman–Crippen LogP) is 6.52. The Kier molecular flexibility index (Phi) is 11.3. The van der Waals surface area contributed by atoms with Crippen molar-refractivity contribution < 1.29 is 22.7 Å². The second kappa shape index (κ2) is 15.0. The summed E-state index contributed by atoms with van der Waals surface area (Å²) in [4.78, 5) is 30.1. The van der Waals surface area contributed by atoms with Gasteiger partial charge in [-0.05, 0) is 87.4 Å². The number of rotatable bonds is 12. The first-order valence-corrected chi connectivity index (χ1v) is 17.1. The average Bonchev–Trinajstić information content (AvgIpc) is 3.01. The molecule has 0 aliphatic rings. The van der Waals surface area contributed by atoms with Gasteiger partial charge < -0.3 is 15.0 Å². The summed E-state index contributed by atoms with van der Waals surface area (Å²) < 4.78 is 35.6. The molecule has 1 unspecified atom stereocenters. The molecule has 0 radical (unpaired) electrons. The third-order valence-electron chi connectivity index (χ3n) is 7.26. The zero-order chi connectivity index (χ0) is 33.5. The maximum Gasteiger partial charge on any atom is 0.264 e. The summed E-state index contributed by atoms with van der Waals surface area (Å²) in [6, 6.07) is 29.0. The Hall–Kier alpha value is -4.15. The molecule has 242 valence electrons. The lowest BCUT2D eigenvalue weighted by molar-refractivity contribution is -0.140. The number of sulfonamides is 1. The minimum Gasteiger partial charge on any atom is -0.497 e. The van der Waals surface area contributed by atoms with E-state index in [0.29, 0.717) is 5.75 Å². The SMILES string of the molecule is COc1ccc(N(CC(=O)N(Cc2cccc(Br)c2)C(Cc2ccccc2)C(=O)NC(C)(C)C)S(=O)(=O)c2ccc(C)cc2)cc1. The van der Waals surface area contributed by atoms with Gasteiger partial charge in [-0.3, -0.25) is 13.9 Å². The Bertz CT molecular complexity index is 1740. The van der Waals surface area contributed by atoms with Crippen molar-refractivity contribution in [2.45, 2.75) is 57.1 Å². The fraction of sp³-hybridized carbons (Fsp3) is 0.278. The summed E-state index contributed by atoms with van der Waals surface area (Å²) in [5.74, 6) is -0.325. The number of methoxy groups -OCH3 is 1.